The highest BCUT2D eigenvalue weighted by atomic mass is 79.9. The van der Waals surface area contributed by atoms with E-state index in [1.807, 2.05) is 19.1 Å². The lowest BCUT2D eigenvalue weighted by Crippen LogP contribution is -2.16. The third-order valence-electron chi connectivity index (χ3n) is 3.67. The first-order valence-corrected chi connectivity index (χ1v) is 9.56. The van der Waals surface area contributed by atoms with E-state index in [0.717, 1.165) is 16.6 Å². The maximum absolute atomic E-state index is 13.9. The summed E-state index contributed by atoms with van der Waals surface area (Å²) in [6, 6.07) is 8.23. The van der Waals surface area contributed by atoms with Crippen LogP contribution in [0.1, 0.15) is 24.5 Å². The Morgan fingerprint density at radius 3 is 2.69 bits per heavy atom. The van der Waals surface area contributed by atoms with Gasteiger partial charge in [-0.2, -0.15) is 0 Å². The van der Waals surface area contributed by atoms with Crippen molar-refractivity contribution in [2.24, 2.45) is 0 Å². The van der Waals surface area contributed by atoms with Gasteiger partial charge in [0.1, 0.15) is 12.4 Å². The number of halogens is 3. The molecule has 2 N–H and O–H groups in total. The first-order valence-electron chi connectivity index (χ1n) is 8.39. The van der Waals surface area contributed by atoms with Crippen LogP contribution in [-0.4, -0.2) is 24.9 Å². The lowest BCUT2D eigenvalue weighted by Gasteiger charge is -2.16. The number of rotatable bonds is 10. The summed E-state index contributed by atoms with van der Waals surface area (Å²) in [4.78, 5) is 0. The minimum Gasteiger partial charge on any atom is -0.490 e. The van der Waals surface area contributed by atoms with Gasteiger partial charge >= 0.3 is 0 Å². The summed E-state index contributed by atoms with van der Waals surface area (Å²) in [5.41, 5.74) is 1.31. The van der Waals surface area contributed by atoms with Gasteiger partial charge in [-0.15, -0.1) is 0 Å². The summed E-state index contributed by atoms with van der Waals surface area (Å²) < 4.78 is 26.2. The Morgan fingerprint density at radius 1 is 1.23 bits per heavy atom. The van der Waals surface area contributed by atoms with Crippen molar-refractivity contribution in [3.8, 4) is 11.5 Å². The predicted molar refractivity (Wildman–Crippen MR) is 104 cm³/mol. The maximum atomic E-state index is 13.9. The summed E-state index contributed by atoms with van der Waals surface area (Å²) in [5, 5.41) is 12.4. The molecule has 0 saturated heterocycles. The van der Waals surface area contributed by atoms with Crippen molar-refractivity contribution in [1.82, 2.24) is 5.32 Å². The smallest absolute Gasteiger partial charge is 0.162 e. The van der Waals surface area contributed by atoms with Crippen molar-refractivity contribution in [2.45, 2.75) is 26.5 Å². The van der Waals surface area contributed by atoms with Gasteiger partial charge in [0.05, 0.1) is 11.6 Å². The summed E-state index contributed by atoms with van der Waals surface area (Å²) in [6.07, 6.45) is 0.695. The quantitative estimate of drug-likeness (QED) is 0.520. The van der Waals surface area contributed by atoms with Crippen molar-refractivity contribution in [1.29, 1.82) is 0 Å². The van der Waals surface area contributed by atoms with E-state index in [4.69, 9.17) is 26.2 Å². The molecule has 0 atom stereocenters. The molecule has 142 valence electrons. The molecule has 0 bridgehead atoms. The van der Waals surface area contributed by atoms with Gasteiger partial charge in [0, 0.05) is 23.2 Å². The molecule has 0 fully saturated rings. The van der Waals surface area contributed by atoms with Crippen LogP contribution in [0.4, 0.5) is 4.39 Å². The standard InChI is InChI=1S/C19H22BrClFNO3/c1-2-25-18-9-13(11-23-7-4-8-24)15(20)10-19(18)26-12-14-16(21)5-3-6-17(14)22/h3,5-6,9-10,23-24H,2,4,7-8,11-12H2,1H3. The molecule has 2 aromatic rings. The molecule has 0 aromatic heterocycles. The first-order chi connectivity index (χ1) is 12.6. The molecule has 0 amide bonds. The summed E-state index contributed by atoms with van der Waals surface area (Å²) in [5.74, 6) is 0.693. The number of ether oxygens (including phenoxy) is 2. The summed E-state index contributed by atoms with van der Waals surface area (Å²) in [6.45, 7) is 3.88. The van der Waals surface area contributed by atoms with Crippen LogP contribution in [-0.2, 0) is 13.2 Å². The zero-order chi connectivity index (χ0) is 18.9. The van der Waals surface area contributed by atoms with E-state index in [-0.39, 0.29) is 13.2 Å². The van der Waals surface area contributed by atoms with Crippen molar-refractivity contribution < 1.29 is 19.0 Å². The SMILES string of the molecule is CCOc1cc(CNCCCO)c(Br)cc1OCc1c(F)cccc1Cl. The minimum absolute atomic E-state index is 0.00607. The Bertz CT molecular complexity index is 710. The molecule has 0 aliphatic heterocycles. The molecule has 0 heterocycles. The van der Waals surface area contributed by atoms with Gasteiger partial charge < -0.3 is 19.9 Å². The van der Waals surface area contributed by atoms with Gasteiger partial charge in [-0.25, -0.2) is 4.39 Å². The van der Waals surface area contributed by atoms with Gasteiger partial charge in [0.25, 0.3) is 0 Å². The summed E-state index contributed by atoms with van der Waals surface area (Å²) >= 11 is 9.58. The topological polar surface area (TPSA) is 50.7 Å². The third-order valence-corrected chi connectivity index (χ3v) is 4.77. The van der Waals surface area contributed by atoms with Crippen molar-refractivity contribution in [3.05, 3.63) is 56.8 Å². The zero-order valence-electron chi connectivity index (χ0n) is 14.5. The molecule has 2 rings (SSSR count). The van der Waals surface area contributed by atoms with Gasteiger partial charge in [-0.05, 0) is 49.7 Å². The van der Waals surface area contributed by atoms with Crippen LogP contribution in [0.5, 0.6) is 11.5 Å². The molecular formula is C19H22BrClFNO3. The molecule has 0 aliphatic carbocycles. The Hall–Kier alpha value is -1.34. The predicted octanol–water partition coefficient (Wildman–Crippen LogP) is 4.69. The fourth-order valence-corrected chi connectivity index (χ4v) is 3.02. The molecule has 26 heavy (non-hydrogen) atoms. The number of hydrogen-bond donors (Lipinski definition) is 2. The lowest BCUT2D eigenvalue weighted by molar-refractivity contribution is 0.265. The Balaban J connectivity index is 2.15. The van der Waals surface area contributed by atoms with Gasteiger partial charge in [-0.3, -0.25) is 0 Å². The minimum atomic E-state index is -0.403. The maximum Gasteiger partial charge on any atom is 0.162 e. The molecular weight excluding hydrogens is 425 g/mol. The van der Waals surface area contributed by atoms with Gasteiger partial charge in [0.15, 0.2) is 11.5 Å². The van der Waals surface area contributed by atoms with Gasteiger partial charge in [-0.1, -0.05) is 33.6 Å². The molecule has 0 spiro atoms. The largest absolute Gasteiger partial charge is 0.490 e. The van der Waals surface area contributed by atoms with E-state index >= 15 is 0 Å². The van der Waals surface area contributed by atoms with Crippen LogP contribution in [0.25, 0.3) is 0 Å². The van der Waals surface area contributed by atoms with E-state index in [0.29, 0.717) is 41.7 Å². The second-order valence-electron chi connectivity index (χ2n) is 5.57. The first kappa shape index (κ1) is 21.0. The van der Waals surface area contributed by atoms with E-state index in [1.54, 1.807) is 12.1 Å². The third kappa shape index (κ3) is 5.84. The number of aliphatic hydroxyl groups is 1. The second-order valence-corrected chi connectivity index (χ2v) is 6.83. The van der Waals surface area contributed by atoms with Crippen LogP contribution in [0.3, 0.4) is 0 Å². The van der Waals surface area contributed by atoms with Crippen LogP contribution < -0.4 is 14.8 Å². The Morgan fingerprint density at radius 2 is 2.00 bits per heavy atom. The fourth-order valence-electron chi connectivity index (χ4n) is 2.34. The van der Waals surface area contributed by atoms with Gasteiger partial charge in [0.2, 0.25) is 0 Å². The molecule has 7 heteroatoms. The molecule has 0 unspecified atom stereocenters. The Labute approximate surface area is 166 Å². The van der Waals surface area contributed by atoms with E-state index in [9.17, 15) is 4.39 Å². The summed E-state index contributed by atoms with van der Waals surface area (Å²) in [7, 11) is 0. The average molecular weight is 447 g/mol. The zero-order valence-corrected chi connectivity index (χ0v) is 16.9. The van der Waals surface area contributed by atoms with Crippen molar-refractivity contribution in [2.75, 3.05) is 19.8 Å². The molecule has 0 radical (unpaired) electrons. The molecule has 0 saturated carbocycles. The van der Waals surface area contributed by atoms with Crippen LogP contribution in [0.2, 0.25) is 5.02 Å². The molecule has 4 nitrogen and oxygen atoms in total. The molecule has 0 aliphatic rings. The number of nitrogens with one attached hydrogen (secondary N) is 1. The van der Waals surface area contributed by atoms with Crippen molar-refractivity contribution in [3.63, 3.8) is 0 Å². The number of benzene rings is 2. The van der Waals surface area contributed by atoms with E-state index in [2.05, 4.69) is 21.2 Å². The number of hydrogen-bond acceptors (Lipinski definition) is 4. The van der Waals surface area contributed by atoms with Crippen LogP contribution in [0, 0.1) is 5.82 Å². The number of aliphatic hydroxyl groups excluding tert-OH is 1. The van der Waals surface area contributed by atoms with Crippen LogP contribution >= 0.6 is 27.5 Å². The Kier molecular flexibility index (Phi) is 8.65. The second kappa shape index (κ2) is 10.7. The van der Waals surface area contributed by atoms with Crippen molar-refractivity contribution >= 4 is 27.5 Å². The lowest BCUT2D eigenvalue weighted by atomic mass is 10.2. The van der Waals surface area contributed by atoms with Crippen LogP contribution in [0.15, 0.2) is 34.8 Å². The average Bonchev–Trinajstić information content (AvgIpc) is 2.61. The highest BCUT2D eigenvalue weighted by molar-refractivity contribution is 9.10. The highest BCUT2D eigenvalue weighted by Gasteiger charge is 2.13. The highest BCUT2D eigenvalue weighted by Crippen LogP contribution is 2.35. The molecule has 2 aromatic carbocycles. The van der Waals surface area contributed by atoms with E-state index in [1.165, 1.54) is 6.07 Å². The van der Waals surface area contributed by atoms with E-state index < -0.39 is 5.82 Å². The normalized spacial score (nSPS) is 10.8. The fraction of sp³-hybridized carbons (Fsp3) is 0.368. The monoisotopic (exact) mass is 445 g/mol.